The first-order valence-corrected chi connectivity index (χ1v) is 3.83. The van der Waals surface area contributed by atoms with Crippen molar-refractivity contribution in [1.82, 2.24) is 0 Å². The lowest BCUT2D eigenvalue weighted by atomic mass is 10.2. The summed E-state index contributed by atoms with van der Waals surface area (Å²) in [5.74, 6) is 0. The molecule has 5 heteroatoms. The molecule has 0 radical (unpaired) electrons. The predicted octanol–water partition coefficient (Wildman–Crippen LogP) is 2.07. The third-order valence-corrected chi connectivity index (χ3v) is 1.56. The monoisotopic (exact) mass is 192 g/mol. The van der Waals surface area contributed by atoms with Crippen LogP contribution in [-0.4, -0.2) is 16.3 Å². The maximum absolute atomic E-state index is 10.5. The van der Waals surface area contributed by atoms with Crippen LogP contribution in [0.1, 0.15) is 5.56 Å². The average molecular weight is 192 g/mol. The lowest BCUT2D eigenvalue weighted by Gasteiger charge is -1.94. The van der Waals surface area contributed by atoms with Crippen molar-refractivity contribution in [2.45, 2.75) is 0 Å². The smallest absolute Gasteiger partial charge is 0.276 e. The van der Waals surface area contributed by atoms with Gasteiger partial charge in [-0.15, -0.1) is 0 Å². The molecule has 0 aliphatic rings. The highest BCUT2D eigenvalue weighted by Crippen LogP contribution is 2.18. The van der Waals surface area contributed by atoms with Crippen molar-refractivity contribution in [1.29, 1.82) is 0 Å². The molecule has 0 aromatic heterocycles. The Morgan fingerprint density at radius 2 is 2.14 bits per heavy atom. The number of oxime groups is 1. The van der Waals surface area contributed by atoms with Crippen molar-refractivity contribution >= 4 is 18.0 Å². The quantitative estimate of drug-likeness (QED) is 0.344. The number of rotatable bonds is 3. The van der Waals surface area contributed by atoms with Crippen molar-refractivity contribution in [2.75, 3.05) is 0 Å². The van der Waals surface area contributed by atoms with Gasteiger partial charge in [-0.3, -0.25) is 10.1 Å². The molecule has 72 valence electrons. The Morgan fingerprint density at radius 3 is 2.79 bits per heavy atom. The van der Waals surface area contributed by atoms with Crippen LogP contribution in [0.4, 0.5) is 5.69 Å². The van der Waals surface area contributed by atoms with Crippen LogP contribution < -0.4 is 0 Å². The molecule has 1 N–H and O–H groups in total. The summed E-state index contributed by atoms with van der Waals surface area (Å²) in [7, 11) is 0. The molecule has 14 heavy (non-hydrogen) atoms. The van der Waals surface area contributed by atoms with E-state index in [-0.39, 0.29) is 5.69 Å². The number of benzene rings is 1. The molecule has 5 nitrogen and oxygen atoms in total. The second kappa shape index (κ2) is 4.76. The Hall–Kier alpha value is -2.17. The zero-order valence-corrected chi connectivity index (χ0v) is 7.20. The van der Waals surface area contributed by atoms with Crippen LogP contribution in [0.3, 0.4) is 0 Å². The molecule has 0 bridgehead atoms. The van der Waals surface area contributed by atoms with E-state index in [0.29, 0.717) is 5.56 Å². The number of nitro benzene ring substituents is 1. The summed E-state index contributed by atoms with van der Waals surface area (Å²) in [6.45, 7) is 0. The third kappa shape index (κ3) is 2.41. The van der Waals surface area contributed by atoms with E-state index < -0.39 is 4.92 Å². The molecule has 0 aliphatic carbocycles. The Labute approximate surface area is 80.1 Å². The van der Waals surface area contributed by atoms with Gasteiger partial charge in [-0.2, -0.15) is 0 Å². The van der Waals surface area contributed by atoms with Crippen molar-refractivity contribution < 1.29 is 10.1 Å². The van der Waals surface area contributed by atoms with Gasteiger partial charge in [0, 0.05) is 6.07 Å². The minimum absolute atomic E-state index is 0.0232. The molecule has 1 rings (SSSR count). The normalized spacial score (nSPS) is 11.1. The molecule has 0 saturated heterocycles. The first-order chi connectivity index (χ1) is 6.75. The van der Waals surface area contributed by atoms with E-state index in [1.165, 1.54) is 18.2 Å². The topological polar surface area (TPSA) is 75.7 Å². The van der Waals surface area contributed by atoms with Gasteiger partial charge in [-0.1, -0.05) is 17.3 Å². The van der Waals surface area contributed by atoms with Crippen LogP contribution in [-0.2, 0) is 0 Å². The van der Waals surface area contributed by atoms with Crippen molar-refractivity contribution in [3.8, 4) is 0 Å². The van der Waals surface area contributed by atoms with E-state index in [2.05, 4.69) is 5.16 Å². The number of nitro groups is 1. The first kappa shape index (κ1) is 9.91. The van der Waals surface area contributed by atoms with Gasteiger partial charge in [-0.05, 0) is 18.2 Å². The van der Waals surface area contributed by atoms with Crippen molar-refractivity contribution in [3.63, 3.8) is 0 Å². The fourth-order valence-electron chi connectivity index (χ4n) is 0.980. The molecule has 0 fully saturated rings. The number of hydrogen-bond donors (Lipinski definition) is 1. The maximum Gasteiger partial charge on any atom is 0.276 e. The molecule has 0 saturated carbocycles. The van der Waals surface area contributed by atoms with Crippen molar-refractivity contribution in [3.05, 3.63) is 46.0 Å². The highest BCUT2D eigenvalue weighted by atomic mass is 16.6. The highest BCUT2D eigenvalue weighted by Gasteiger charge is 2.08. The Balaban J connectivity index is 3.01. The largest absolute Gasteiger partial charge is 0.411 e. The van der Waals surface area contributed by atoms with Gasteiger partial charge in [0.2, 0.25) is 0 Å². The SMILES string of the molecule is O=[N+]([O-])c1ccccc1C=CC=NO. The number of nitrogens with zero attached hydrogens (tertiary/aromatic N) is 2. The average Bonchev–Trinajstić information content (AvgIpc) is 2.19. The van der Waals surface area contributed by atoms with E-state index in [1.54, 1.807) is 18.2 Å². The number of para-hydroxylation sites is 1. The van der Waals surface area contributed by atoms with Gasteiger partial charge in [0.25, 0.3) is 5.69 Å². The summed E-state index contributed by atoms with van der Waals surface area (Å²) in [6.07, 6.45) is 4.05. The first-order valence-electron chi connectivity index (χ1n) is 3.83. The minimum Gasteiger partial charge on any atom is -0.411 e. The van der Waals surface area contributed by atoms with Crippen LogP contribution >= 0.6 is 0 Å². The summed E-state index contributed by atoms with van der Waals surface area (Å²) >= 11 is 0. The molecular formula is C9H8N2O3. The van der Waals surface area contributed by atoms with Crippen LogP contribution in [0.15, 0.2) is 35.5 Å². The zero-order valence-electron chi connectivity index (χ0n) is 7.20. The van der Waals surface area contributed by atoms with Gasteiger partial charge >= 0.3 is 0 Å². The third-order valence-electron chi connectivity index (χ3n) is 1.56. The number of allylic oxidation sites excluding steroid dienone is 1. The summed E-state index contributed by atoms with van der Waals surface area (Å²) in [5, 5.41) is 21.4. The molecule has 0 amide bonds. The maximum atomic E-state index is 10.5. The fraction of sp³-hybridized carbons (Fsp3) is 0. The van der Waals surface area contributed by atoms with Crippen LogP contribution in [0.5, 0.6) is 0 Å². The molecule has 0 unspecified atom stereocenters. The minimum atomic E-state index is -0.463. The van der Waals surface area contributed by atoms with Gasteiger partial charge < -0.3 is 5.21 Å². The molecule has 0 heterocycles. The predicted molar refractivity (Wildman–Crippen MR) is 52.4 cm³/mol. The Kier molecular flexibility index (Phi) is 3.37. The highest BCUT2D eigenvalue weighted by molar-refractivity contribution is 5.79. The molecule has 1 aromatic carbocycles. The lowest BCUT2D eigenvalue weighted by Crippen LogP contribution is -1.90. The van der Waals surface area contributed by atoms with E-state index in [9.17, 15) is 10.1 Å². The molecule has 1 aromatic rings. The summed E-state index contributed by atoms with van der Waals surface area (Å²) in [5.41, 5.74) is 0.493. The van der Waals surface area contributed by atoms with Crippen LogP contribution in [0, 0.1) is 10.1 Å². The van der Waals surface area contributed by atoms with E-state index in [0.717, 1.165) is 6.21 Å². The molecule has 0 aliphatic heterocycles. The Morgan fingerprint density at radius 1 is 1.43 bits per heavy atom. The van der Waals surface area contributed by atoms with E-state index in [4.69, 9.17) is 5.21 Å². The van der Waals surface area contributed by atoms with Crippen LogP contribution in [0.25, 0.3) is 6.08 Å². The summed E-state index contributed by atoms with van der Waals surface area (Å²) in [4.78, 5) is 10.1. The molecule has 0 atom stereocenters. The van der Waals surface area contributed by atoms with Gasteiger partial charge in [0.15, 0.2) is 0 Å². The second-order valence-corrected chi connectivity index (χ2v) is 2.44. The zero-order chi connectivity index (χ0) is 10.4. The molecular weight excluding hydrogens is 184 g/mol. The number of hydrogen-bond acceptors (Lipinski definition) is 4. The van der Waals surface area contributed by atoms with Crippen molar-refractivity contribution in [2.24, 2.45) is 5.16 Å². The van der Waals surface area contributed by atoms with E-state index in [1.807, 2.05) is 0 Å². The van der Waals surface area contributed by atoms with Crippen LogP contribution in [0.2, 0.25) is 0 Å². The lowest BCUT2D eigenvalue weighted by molar-refractivity contribution is -0.385. The van der Waals surface area contributed by atoms with E-state index >= 15 is 0 Å². The second-order valence-electron chi connectivity index (χ2n) is 2.44. The van der Waals surface area contributed by atoms with Gasteiger partial charge in [0.05, 0.1) is 16.7 Å². The standard InChI is InChI=1S/C9H8N2O3/c12-10-7-3-5-8-4-1-2-6-9(8)11(13)14/h1-7,12H. The summed E-state index contributed by atoms with van der Waals surface area (Å²) < 4.78 is 0. The molecule has 0 spiro atoms. The summed E-state index contributed by atoms with van der Waals surface area (Å²) in [6, 6.07) is 6.31. The van der Waals surface area contributed by atoms with Gasteiger partial charge in [0.1, 0.15) is 0 Å². The Bertz CT molecular complexity index is 385. The van der Waals surface area contributed by atoms with Gasteiger partial charge in [-0.25, -0.2) is 0 Å². The fourth-order valence-corrected chi connectivity index (χ4v) is 0.980.